The number of halogens is 3. The van der Waals surface area contributed by atoms with E-state index in [0.717, 1.165) is 38.3 Å². The molecule has 1 N–H and O–H groups in total. The first-order valence-corrected chi connectivity index (χ1v) is 13.2. The maximum atomic E-state index is 13.0. The number of likely N-dealkylation sites (N-methyl/N-ethyl adjacent to an activating group) is 1. The lowest BCUT2D eigenvalue weighted by molar-refractivity contribution is -0.137. The Morgan fingerprint density at radius 3 is 2.45 bits per heavy atom. The van der Waals surface area contributed by atoms with Crippen molar-refractivity contribution in [2.45, 2.75) is 64.8 Å². The Kier molecular flexibility index (Phi) is 10.3. The summed E-state index contributed by atoms with van der Waals surface area (Å²) in [5.41, 5.74) is 0.0525. The highest BCUT2D eigenvalue weighted by Gasteiger charge is 2.31. The van der Waals surface area contributed by atoms with Crippen molar-refractivity contribution in [3.8, 4) is 0 Å². The lowest BCUT2D eigenvalue weighted by Crippen LogP contribution is -2.52. The molecule has 2 atom stereocenters. The van der Waals surface area contributed by atoms with Crippen molar-refractivity contribution in [1.82, 2.24) is 14.5 Å². The third kappa shape index (κ3) is 8.66. The molecule has 10 heteroatoms. The summed E-state index contributed by atoms with van der Waals surface area (Å²) < 4.78 is 65.6. The molecule has 1 fully saturated rings. The molecule has 0 bridgehead atoms. The summed E-state index contributed by atoms with van der Waals surface area (Å²) in [4.78, 5) is 15.4. The molecule has 1 aliphatic heterocycles. The highest BCUT2D eigenvalue weighted by Crippen LogP contribution is 2.30. The van der Waals surface area contributed by atoms with E-state index in [4.69, 9.17) is 0 Å². The van der Waals surface area contributed by atoms with E-state index in [9.17, 15) is 26.4 Å². The zero-order chi connectivity index (χ0) is 24.6. The number of hydrogen-bond donors (Lipinski definition) is 1. The Labute approximate surface area is 195 Å². The van der Waals surface area contributed by atoms with Crippen LogP contribution >= 0.6 is 0 Å². The summed E-state index contributed by atoms with van der Waals surface area (Å²) in [7, 11) is -3.41. The molecule has 33 heavy (non-hydrogen) atoms. The van der Waals surface area contributed by atoms with Crippen molar-refractivity contribution in [3.05, 3.63) is 35.4 Å². The van der Waals surface area contributed by atoms with Crippen molar-refractivity contribution >= 4 is 16.3 Å². The molecule has 2 rings (SSSR count). The average Bonchev–Trinajstić information content (AvgIpc) is 2.77. The molecule has 1 aromatic rings. The van der Waals surface area contributed by atoms with Gasteiger partial charge in [-0.15, -0.1) is 0 Å². The van der Waals surface area contributed by atoms with Crippen LogP contribution in [0.15, 0.2) is 24.3 Å². The predicted octanol–water partition coefficient (Wildman–Crippen LogP) is 3.52. The van der Waals surface area contributed by atoms with Crippen LogP contribution in [0.5, 0.6) is 0 Å². The molecule has 0 saturated carbocycles. The van der Waals surface area contributed by atoms with Crippen molar-refractivity contribution in [2.24, 2.45) is 5.92 Å². The van der Waals surface area contributed by atoms with Gasteiger partial charge in [-0.05, 0) is 70.3 Å². The van der Waals surface area contributed by atoms with E-state index in [1.165, 1.54) is 12.1 Å². The van der Waals surface area contributed by atoms with Crippen LogP contribution in [0.4, 0.5) is 13.2 Å². The fourth-order valence-electron chi connectivity index (χ4n) is 4.40. The van der Waals surface area contributed by atoms with Gasteiger partial charge >= 0.3 is 6.18 Å². The van der Waals surface area contributed by atoms with Gasteiger partial charge in [0.05, 0.1) is 17.5 Å². The van der Waals surface area contributed by atoms with Crippen molar-refractivity contribution in [3.63, 3.8) is 0 Å². The van der Waals surface area contributed by atoms with Gasteiger partial charge in [-0.2, -0.15) is 17.9 Å². The zero-order valence-corrected chi connectivity index (χ0v) is 20.5. The van der Waals surface area contributed by atoms with Gasteiger partial charge < -0.3 is 9.69 Å². The number of benzene rings is 1. The number of nitrogens with zero attached hydrogens (tertiary/aromatic N) is 2. The molecule has 0 radical (unpaired) electrons. The Bertz CT molecular complexity index is 856. The number of rotatable bonds is 12. The van der Waals surface area contributed by atoms with Gasteiger partial charge in [0.2, 0.25) is 10.0 Å². The summed E-state index contributed by atoms with van der Waals surface area (Å²) in [5.74, 6) is 0.374. The first-order valence-electron chi connectivity index (χ1n) is 11.6. The number of nitrogens with one attached hydrogen (secondary N) is 1. The van der Waals surface area contributed by atoms with Crippen LogP contribution in [0.3, 0.4) is 0 Å². The van der Waals surface area contributed by atoms with E-state index in [2.05, 4.69) is 16.5 Å². The van der Waals surface area contributed by atoms with Gasteiger partial charge in [-0.1, -0.05) is 25.1 Å². The highest BCUT2D eigenvalue weighted by molar-refractivity contribution is 7.89. The number of aldehydes is 1. The van der Waals surface area contributed by atoms with Crippen molar-refractivity contribution in [1.29, 1.82) is 0 Å². The number of sulfonamides is 1. The summed E-state index contributed by atoms with van der Waals surface area (Å²) in [5, 5.41) is 0. The second-order valence-corrected chi connectivity index (χ2v) is 10.8. The van der Waals surface area contributed by atoms with E-state index < -0.39 is 27.9 Å². The Hall–Kier alpha value is -1.49. The minimum absolute atomic E-state index is 0.0337. The van der Waals surface area contributed by atoms with Gasteiger partial charge in [-0.3, -0.25) is 4.90 Å². The topological polar surface area (TPSA) is 69.7 Å². The van der Waals surface area contributed by atoms with Gasteiger partial charge in [0.25, 0.3) is 0 Å². The second kappa shape index (κ2) is 12.3. The molecule has 0 aromatic heterocycles. The largest absolute Gasteiger partial charge is 0.416 e. The maximum Gasteiger partial charge on any atom is 0.416 e. The summed E-state index contributed by atoms with van der Waals surface area (Å²) >= 11 is 0. The van der Waals surface area contributed by atoms with E-state index in [-0.39, 0.29) is 18.2 Å². The molecule has 0 amide bonds. The lowest BCUT2D eigenvalue weighted by Gasteiger charge is -2.39. The highest BCUT2D eigenvalue weighted by atomic mass is 32.2. The monoisotopic (exact) mass is 491 g/mol. The van der Waals surface area contributed by atoms with E-state index in [1.54, 1.807) is 13.0 Å². The Balaban J connectivity index is 1.93. The second-order valence-electron chi connectivity index (χ2n) is 8.76. The lowest BCUT2D eigenvalue weighted by atomic mass is 9.94. The molecule has 1 saturated heterocycles. The van der Waals surface area contributed by atoms with E-state index >= 15 is 0 Å². The standard InChI is InChI=1S/C23H36F3N3O3S/c1-4-28(18(3)15-20-7-6-8-21(16-20)23(24,25)26)17-19-9-12-29(13-10-19)22(11-14-30)27-33(31,32)5-2/h6-8,14,16,18-19,22,27H,4-5,9-13,15,17H2,1-3H3. The number of carbonyl (C=O) groups is 1. The third-order valence-electron chi connectivity index (χ3n) is 6.41. The molecule has 6 nitrogen and oxygen atoms in total. The van der Waals surface area contributed by atoms with Gasteiger partial charge in [-0.25, -0.2) is 8.42 Å². The third-order valence-corrected chi connectivity index (χ3v) is 7.80. The Morgan fingerprint density at radius 1 is 1.24 bits per heavy atom. The van der Waals surface area contributed by atoms with Crippen LogP contribution in [0.2, 0.25) is 0 Å². The van der Waals surface area contributed by atoms with Gasteiger partial charge in [0.15, 0.2) is 0 Å². The van der Waals surface area contributed by atoms with Gasteiger partial charge in [0.1, 0.15) is 6.29 Å². The molecular weight excluding hydrogens is 455 g/mol. The van der Waals surface area contributed by atoms with E-state index in [0.29, 0.717) is 31.0 Å². The average molecular weight is 492 g/mol. The zero-order valence-electron chi connectivity index (χ0n) is 19.6. The Morgan fingerprint density at radius 2 is 1.91 bits per heavy atom. The molecular formula is C23H36F3N3O3S. The van der Waals surface area contributed by atoms with Crippen LogP contribution in [0, 0.1) is 5.92 Å². The molecule has 1 aliphatic rings. The van der Waals surface area contributed by atoms with E-state index in [1.807, 2.05) is 11.8 Å². The van der Waals surface area contributed by atoms with Gasteiger partial charge in [0, 0.05) is 19.0 Å². The van der Waals surface area contributed by atoms with Crippen LogP contribution in [-0.4, -0.2) is 68.6 Å². The van der Waals surface area contributed by atoms with Crippen molar-refractivity contribution < 1.29 is 26.4 Å². The number of piperidine rings is 1. The summed E-state index contributed by atoms with van der Waals surface area (Å²) in [6.45, 7) is 8.67. The molecule has 1 aromatic carbocycles. The minimum Gasteiger partial charge on any atom is -0.303 e. The number of carbonyl (C=O) groups excluding carboxylic acids is 1. The fourth-order valence-corrected chi connectivity index (χ4v) is 5.22. The molecule has 188 valence electrons. The van der Waals surface area contributed by atoms with Crippen LogP contribution < -0.4 is 4.72 Å². The quantitative estimate of drug-likeness (QED) is 0.453. The molecule has 2 unspecified atom stereocenters. The fraction of sp³-hybridized carbons (Fsp3) is 0.696. The van der Waals surface area contributed by atoms with Crippen LogP contribution in [0.1, 0.15) is 51.2 Å². The minimum atomic E-state index is -4.34. The number of likely N-dealkylation sites (tertiary alicyclic amines) is 1. The summed E-state index contributed by atoms with van der Waals surface area (Å²) in [6.07, 6.45) is -1.73. The molecule has 0 aliphatic carbocycles. The first-order chi connectivity index (χ1) is 15.5. The smallest absolute Gasteiger partial charge is 0.303 e. The SMILES string of the molecule is CCN(CC1CCN(C(CC=O)NS(=O)(=O)CC)CC1)C(C)Cc1cccc(C(F)(F)F)c1. The molecule has 1 heterocycles. The number of alkyl halides is 3. The number of hydrogen-bond acceptors (Lipinski definition) is 5. The van der Waals surface area contributed by atoms with Crippen molar-refractivity contribution in [2.75, 3.05) is 31.9 Å². The summed E-state index contributed by atoms with van der Waals surface area (Å²) in [6, 6.07) is 5.61. The molecule has 0 spiro atoms. The van der Waals surface area contributed by atoms with Crippen LogP contribution in [0.25, 0.3) is 0 Å². The normalized spacial score (nSPS) is 18.4. The van der Waals surface area contributed by atoms with Crippen LogP contribution in [-0.2, 0) is 27.4 Å². The predicted molar refractivity (Wildman–Crippen MR) is 123 cm³/mol. The first kappa shape index (κ1) is 27.8. The maximum absolute atomic E-state index is 13.0.